The summed E-state index contributed by atoms with van der Waals surface area (Å²) in [6.45, 7) is 2.73. The number of carbonyl (C=O) groups is 1. The quantitative estimate of drug-likeness (QED) is 0.614. The zero-order chi connectivity index (χ0) is 16.5. The van der Waals surface area contributed by atoms with Crippen molar-refractivity contribution in [2.75, 3.05) is 6.61 Å². The summed E-state index contributed by atoms with van der Waals surface area (Å²) in [6, 6.07) is 7.67. The van der Waals surface area contributed by atoms with Crippen LogP contribution in [-0.2, 0) is 0 Å². The number of carbonyl (C=O) groups excluding carboxylic acids is 1. The summed E-state index contributed by atoms with van der Waals surface area (Å²) < 4.78 is 5.71. The third kappa shape index (κ3) is 5.82. The van der Waals surface area contributed by atoms with E-state index in [0.29, 0.717) is 29.1 Å². The predicted octanol–water partition coefficient (Wildman–Crippen LogP) is 3.80. The Balaban J connectivity index is 1.90. The highest BCUT2D eigenvalue weighted by Gasteiger charge is 2.17. The lowest BCUT2D eigenvalue weighted by Gasteiger charge is -2.24. The van der Waals surface area contributed by atoms with Gasteiger partial charge in [-0.15, -0.1) is 0 Å². The van der Waals surface area contributed by atoms with Crippen LogP contribution in [0.25, 0.3) is 0 Å². The maximum absolute atomic E-state index is 12.4. The first-order chi connectivity index (χ1) is 11.2. The number of benzene rings is 1. The second kappa shape index (κ2) is 9.50. The summed E-state index contributed by atoms with van der Waals surface area (Å²) in [5, 5.41) is 6.43. The van der Waals surface area contributed by atoms with Gasteiger partial charge in [-0.25, -0.2) is 0 Å². The summed E-state index contributed by atoms with van der Waals surface area (Å²) >= 11 is 5.28. The Bertz CT molecular complexity index is 528. The highest BCUT2D eigenvalue weighted by atomic mass is 32.1. The third-order valence-corrected chi connectivity index (χ3v) is 4.27. The summed E-state index contributed by atoms with van der Waals surface area (Å²) in [5.74, 6) is 0.393. The first kappa shape index (κ1) is 17.7. The fourth-order valence-electron chi connectivity index (χ4n) is 2.75. The minimum absolute atomic E-state index is 0.217. The van der Waals surface area contributed by atoms with Crippen LogP contribution in [0.5, 0.6) is 5.75 Å². The SMILES string of the molecule is CCCCOc1ccccc1C(=O)NC(=S)NC1CCCCC1. The molecule has 23 heavy (non-hydrogen) atoms. The Hall–Kier alpha value is -1.62. The molecule has 0 unspecified atom stereocenters. The number of unbranched alkanes of at least 4 members (excludes halogenated alkanes) is 1. The van der Waals surface area contributed by atoms with Gasteiger partial charge in [0.05, 0.1) is 12.2 Å². The average Bonchev–Trinajstić information content (AvgIpc) is 2.56. The van der Waals surface area contributed by atoms with Crippen LogP contribution in [0.3, 0.4) is 0 Å². The molecule has 2 N–H and O–H groups in total. The number of nitrogens with one attached hydrogen (secondary N) is 2. The minimum Gasteiger partial charge on any atom is -0.493 e. The second-order valence-corrected chi connectivity index (χ2v) is 6.37. The summed E-state index contributed by atoms with van der Waals surface area (Å²) in [5.41, 5.74) is 0.524. The fourth-order valence-corrected chi connectivity index (χ4v) is 3.00. The van der Waals surface area contributed by atoms with E-state index in [4.69, 9.17) is 17.0 Å². The van der Waals surface area contributed by atoms with Crippen molar-refractivity contribution >= 4 is 23.2 Å². The van der Waals surface area contributed by atoms with Crippen LogP contribution < -0.4 is 15.4 Å². The van der Waals surface area contributed by atoms with Crippen LogP contribution in [0.2, 0.25) is 0 Å². The van der Waals surface area contributed by atoms with Gasteiger partial charge in [-0.05, 0) is 43.6 Å². The summed E-state index contributed by atoms with van der Waals surface area (Å²) in [7, 11) is 0. The molecule has 1 aromatic carbocycles. The van der Waals surface area contributed by atoms with Crippen molar-refractivity contribution in [1.82, 2.24) is 10.6 Å². The molecule has 0 aliphatic heterocycles. The molecule has 1 aliphatic carbocycles. The molecule has 0 saturated heterocycles. The van der Waals surface area contributed by atoms with Crippen LogP contribution in [0.15, 0.2) is 24.3 Å². The molecule has 1 saturated carbocycles. The number of para-hydroxylation sites is 1. The van der Waals surface area contributed by atoms with Gasteiger partial charge >= 0.3 is 0 Å². The average molecular weight is 334 g/mol. The minimum atomic E-state index is -0.217. The Morgan fingerprint density at radius 3 is 2.74 bits per heavy atom. The van der Waals surface area contributed by atoms with Crippen LogP contribution in [0, 0.1) is 0 Å². The van der Waals surface area contributed by atoms with Gasteiger partial charge in [0, 0.05) is 6.04 Å². The van der Waals surface area contributed by atoms with Crippen molar-refractivity contribution in [2.24, 2.45) is 0 Å². The molecule has 1 aromatic rings. The number of hydrogen-bond acceptors (Lipinski definition) is 3. The van der Waals surface area contributed by atoms with Crippen LogP contribution >= 0.6 is 12.2 Å². The zero-order valence-electron chi connectivity index (χ0n) is 13.8. The maximum Gasteiger partial charge on any atom is 0.261 e. The van der Waals surface area contributed by atoms with Gasteiger partial charge in [0.2, 0.25) is 0 Å². The molecular formula is C18H26N2O2S. The van der Waals surface area contributed by atoms with E-state index in [-0.39, 0.29) is 5.91 Å². The first-order valence-corrected chi connectivity index (χ1v) is 8.95. The molecule has 0 radical (unpaired) electrons. The molecule has 0 atom stereocenters. The van der Waals surface area contributed by atoms with Crippen molar-refractivity contribution in [3.63, 3.8) is 0 Å². The van der Waals surface area contributed by atoms with Crippen LogP contribution in [0.4, 0.5) is 0 Å². The van der Waals surface area contributed by atoms with E-state index >= 15 is 0 Å². The predicted molar refractivity (Wildman–Crippen MR) is 96.9 cm³/mol. The van der Waals surface area contributed by atoms with E-state index in [0.717, 1.165) is 25.7 Å². The molecule has 1 aliphatic rings. The molecule has 1 fully saturated rings. The van der Waals surface area contributed by atoms with E-state index in [1.807, 2.05) is 18.2 Å². The molecule has 126 valence electrons. The normalized spacial score (nSPS) is 15.0. The first-order valence-electron chi connectivity index (χ1n) is 8.54. The number of rotatable bonds is 6. The summed E-state index contributed by atoms with van der Waals surface area (Å²) in [4.78, 5) is 12.4. The number of hydrogen-bond donors (Lipinski definition) is 2. The van der Waals surface area contributed by atoms with Crippen molar-refractivity contribution in [3.8, 4) is 5.75 Å². The lowest BCUT2D eigenvalue weighted by molar-refractivity contribution is 0.0972. The Labute approximate surface area is 144 Å². The molecule has 0 spiro atoms. The Morgan fingerprint density at radius 2 is 2.00 bits per heavy atom. The van der Waals surface area contributed by atoms with Crippen molar-refractivity contribution in [2.45, 2.75) is 57.9 Å². The highest BCUT2D eigenvalue weighted by Crippen LogP contribution is 2.19. The van der Waals surface area contributed by atoms with Crippen molar-refractivity contribution in [3.05, 3.63) is 29.8 Å². The smallest absolute Gasteiger partial charge is 0.261 e. The van der Waals surface area contributed by atoms with Crippen LogP contribution in [0.1, 0.15) is 62.2 Å². The van der Waals surface area contributed by atoms with Gasteiger partial charge in [0.15, 0.2) is 5.11 Å². The van der Waals surface area contributed by atoms with Crippen molar-refractivity contribution in [1.29, 1.82) is 0 Å². The molecule has 1 amide bonds. The number of amides is 1. The molecule has 5 heteroatoms. The molecule has 2 rings (SSSR count). The van der Waals surface area contributed by atoms with E-state index in [2.05, 4.69) is 17.6 Å². The lowest BCUT2D eigenvalue weighted by atomic mass is 9.96. The second-order valence-electron chi connectivity index (χ2n) is 5.96. The topological polar surface area (TPSA) is 50.4 Å². The largest absolute Gasteiger partial charge is 0.493 e. The fraction of sp³-hybridized carbons (Fsp3) is 0.556. The molecule has 0 aromatic heterocycles. The van der Waals surface area contributed by atoms with Crippen molar-refractivity contribution < 1.29 is 9.53 Å². The van der Waals surface area contributed by atoms with Gasteiger partial charge in [-0.1, -0.05) is 44.7 Å². The van der Waals surface area contributed by atoms with E-state index in [1.165, 1.54) is 19.3 Å². The van der Waals surface area contributed by atoms with E-state index < -0.39 is 0 Å². The van der Waals surface area contributed by atoms with Gasteiger partial charge in [-0.2, -0.15) is 0 Å². The third-order valence-electron chi connectivity index (χ3n) is 4.05. The maximum atomic E-state index is 12.4. The van der Waals surface area contributed by atoms with Gasteiger partial charge < -0.3 is 10.1 Å². The van der Waals surface area contributed by atoms with Crippen LogP contribution in [-0.4, -0.2) is 23.7 Å². The number of ether oxygens (including phenoxy) is 1. The zero-order valence-corrected chi connectivity index (χ0v) is 14.6. The molecular weight excluding hydrogens is 308 g/mol. The van der Waals surface area contributed by atoms with Gasteiger partial charge in [0.25, 0.3) is 5.91 Å². The summed E-state index contributed by atoms with van der Waals surface area (Å²) in [6.07, 6.45) is 8.01. The Morgan fingerprint density at radius 1 is 1.26 bits per heavy atom. The monoisotopic (exact) mass is 334 g/mol. The highest BCUT2D eigenvalue weighted by molar-refractivity contribution is 7.80. The number of thiocarbonyl (C=S) groups is 1. The standard InChI is InChI=1S/C18H26N2O2S/c1-2-3-13-22-16-12-8-7-11-15(16)17(21)20-18(23)19-14-9-5-4-6-10-14/h7-8,11-12,14H,2-6,9-10,13H2,1H3,(H2,19,20,21,23). The molecule has 0 bridgehead atoms. The van der Waals surface area contributed by atoms with E-state index in [1.54, 1.807) is 6.07 Å². The lowest BCUT2D eigenvalue weighted by Crippen LogP contribution is -2.45. The Kier molecular flexibility index (Phi) is 7.33. The van der Waals surface area contributed by atoms with Gasteiger partial charge in [-0.3, -0.25) is 10.1 Å². The van der Waals surface area contributed by atoms with E-state index in [9.17, 15) is 4.79 Å². The van der Waals surface area contributed by atoms with Gasteiger partial charge in [0.1, 0.15) is 5.75 Å². The molecule has 4 nitrogen and oxygen atoms in total. The molecule has 0 heterocycles.